The predicted molar refractivity (Wildman–Crippen MR) is 88.2 cm³/mol. The number of pyridine rings is 1. The largest absolute Gasteiger partial charge is 0.456 e. The lowest BCUT2D eigenvalue weighted by molar-refractivity contribution is 0.0879. The number of carbonyl (C=O) groups is 1. The van der Waals surface area contributed by atoms with Crippen molar-refractivity contribution in [2.24, 2.45) is 0 Å². The van der Waals surface area contributed by atoms with E-state index < -0.39 is 0 Å². The maximum absolute atomic E-state index is 12.3. The Bertz CT molecular complexity index is 658. The number of rotatable bonds is 4. The molecular weight excluding hydrogens is 290 g/mol. The second kappa shape index (κ2) is 6.96. The van der Waals surface area contributed by atoms with Gasteiger partial charge < -0.3 is 9.73 Å². The molecule has 0 spiro atoms. The third kappa shape index (κ3) is 3.99. The second-order valence-electron chi connectivity index (χ2n) is 6.25. The van der Waals surface area contributed by atoms with Crippen molar-refractivity contribution in [1.82, 2.24) is 15.2 Å². The highest BCUT2D eigenvalue weighted by atomic mass is 16.3. The molecule has 0 saturated carbocycles. The summed E-state index contributed by atoms with van der Waals surface area (Å²) in [6.45, 7) is 6.65. The topological polar surface area (TPSA) is 58.4 Å². The van der Waals surface area contributed by atoms with Crippen LogP contribution < -0.4 is 5.32 Å². The van der Waals surface area contributed by atoms with E-state index in [4.69, 9.17) is 4.42 Å². The molecule has 3 rings (SSSR count). The zero-order valence-corrected chi connectivity index (χ0v) is 13.7. The van der Waals surface area contributed by atoms with E-state index in [2.05, 4.69) is 21.3 Å². The summed E-state index contributed by atoms with van der Waals surface area (Å²) >= 11 is 0. The number of aryl methyl sites for hydroxylation is 2. The van der Waals surface area contributed by atoms with Crippen molar-refractivity contribution in [3.05, 3.63) is 53.2 Å². The lowest BCUT2D eigenvalue weighted by atomic mass is 10.0. The van der Waals surface area contributed by atoms with Crippen LogP contribution in [0, 0.1) is 13.8 Å². The third-order valence-electron chi connectivity index (χ3n) is 4.30. The number of aromatic nitrogens is 1. The van der Waals surface area contributed by atoms with Crippen LogP contribution in [0.1, 0.15) is 40.3 Å². The number of carbonyl (C=O) groups excluding carboxylic acids is 1. The summed E-state index contributed by atoms with van der Waals surface area (Å²) in [5.74, 6) is 1.13. The molecule has 1 aliphatic heterocycles. The highest BCUT2D eigenvalue weighted by molar-refractivity contribution is 5.93. The van der Waals surface area contributed by atoms with Gasteiger partial charge in [0.15, 0.2) is 5.76 Å². The van der Waals surface area contributed by atoms with Gasteiger partial charge >= 0.3 is 0 Å². The van der Waals surface area contributed by atoms with Crippen molar-refractivity contribution in [3.63, 3.8) is 0 Å². The molecule has 122 valence electrons. The van der Waals surface area contributed by atoms with Crippen molar-refractivity contribution in [2.75, 3.05) is 13.1 Å². The third-order valence-corrected chi connectivity index (χ3v) is 4.30. The Morgan fingerprint density at radius 3 is 2.78 bits per heavy atom. The summed E-state index contributed by atoms with van der Waals surface area (Å²) in [4.78, 5) is 18.9. The quantitative estimate of drug-likeness (QED) is 0.943. The zero-order valence-electron chi connectivity index (χ0n) is 13.7. The van der Waals surface area contributed by atoms with Gasteiger partial charge in [0.2, 0.25) is 0 Å². The second-order valence-corrected chi connectivity index (χ2v) is 6.25. The minimum atomic E-state index is -0.0960. The maximum atomic E-state index is 12.3. The Morgan fingerprint density at radius 2 is 2.17 bits per heavy atom. The van der Waals surface area contributed by atoms with Gasteiger partial charge in [0.1, 0.15) is 5.76 Å². The molecule has 0 radical (unpaired) electrons. The van der Waals surface area contributed by atoms with Crippen LogP contribution in [0.4, 0.5) is 0 Å². The van der Waals surface area contributed by atoms with Gasteiger partial charge in [-0.2, -0.15) is 0 Å². The normalized spacial score (nSPS) is 16.4. The molecule has 1 amide bonds. The predicted octanol–water partition coefficient (Wildman–Crippen LogP) is 2.69. The fraction of sp³-hybridized carbons (Fsp3) is 0.444. The number of nitrogens with zero attached hydrogens (tertiary/aromatic N) is 2. The van der Waals surface area contributed by atoms with E-state index in [1.54, 1.807) is 6.20 Å². The van der Waals surface area contributed by atoms with E-state index in [0.717, 1.165) is 43.8 Å². The highest BCUT2D eigenvalue weighted by Crippen LogP contribution is 2.17. The van der Waals surface area contributed by atoms with Gasteiger partial charge in [-0.1, -0.05) is 6.07 Å². The first-order chi connectivity index (χ1) is 11.1. The fourth-order valence-corrected chi connectivity index (χ4v) is 3.10. The number of likely N-dealkylation sites (tertiary alicyclic amines) is 1. The molecule has 2 aromatic rings. The standard InChI is InChI=1S/C18H23N3O2/c1-13-10-14(2)23-17(13)18(22)20-16-5-8-21(9-6-16)12-15-4-3-7-19-11-15/h3-4,7,10-11,16H,5-6,8-9,12H2,1-2H3,(H,20,22). The van der Waals surface area contributed by atoms with Crippen LogP contribution in [0.5, 0.6) is 0 Å². The summed E-state index contributed by atoms with van der Waals surface area (Å²) in [7, 11) is 0. The molecule has 0 aromatic carbocycles. The summed E-state index contributed by atoms with van der Waals surface area (Å²) in [6, 6.07) is 6.18. The van der Waals surface area contributed by atoms with Crippen molar-refractivity contribution in [2.45, 2.75) is 39.3 Å². The van der Waals surface area contributed by atoms with Gasteiger partial charge in [-0.15, -0.1) is 0 Å². The first-order valence-electron chi connectivity index (χ1n) is 8.11. The molecule has 2 aromatic heterocycles. The number of amides is 1. The molecule has 1 N–H and O–H groups in total. The monoisotopic (exact) mass is 313 g/mol. The average Bonchev–Trinajstić information content (AvgIpc) is 2.89. The molecule has 5 nitrogen and oxygen atoms in total. The Labute approximate surface area is 136 Å². The first kappa shape index (κ1) is 15.7. The van der Waals surface area contributed by atoms with Gasteiger partial charge in [-0.25, -0.2) is 0 Å². The minimum absolute atomic E-state index is 0.0960. The zero-order chi connectivity index (χ0) is 16.2. The van der Waals surface area contributed by atoms with Crippen LogP contribution in [0.3, 0.4) is 0 Å². The van der Waals surface area contributed by atoms with Crippen LogP contribution in [-0.2, 0) is 6.54 Å². The van der Waals surface area contributed by atoms with E-state index >= 15 is 0 Å². The smallest absolute Gasteiger partial charge is 0.287 e. The molecule has 5 heteroatoms. The molecular formula is C18H23N3O2. The summed E-state index contributed by atoms with van der Waals surface area (Å²) < 4.78 is 5.49. The number of hydrogen-bond donors (Lipinski definition) is 1. The van der Waals surface area contributed by atoms with Crippen molar-refractivity contribution >= 4 is 5.91 Å². The first-order valence-corrected chi connectivity index (χ1v) is 8.11. The molecule has 23 heavy (non-hydrogen) atoms. The van der Waals surface area contributed by atoms with E-state index in [1.165, 1.54) is 5.56 Å². The van der Waals surface area contributed by atoms with Gasteiger partial charge in [0.05, 0.1) is 0 Å². The van der Waals surface area contributed by atoms with Gasteiger partial charge in [0, 0.05) is 43.6 Å². The van der Waals surface area contributed by atoms with E-state index in [-0.39, 0.29) is 11.9 Å². The maximum Gasteiger partial charge on any atom is 0.287 e. The lowest BCUT2D eigenvalue weighted by Crippen LogP contribution is -2.44. The fourth-order valence-electron chi connectivity index (χ4n) is 3.10. The highest BCUT2D eigenvalue weighted by Gasteiger charge is 2.23. The van der Waals surface area contributed by atoms with E-state index in [9.17, 15) is 4.79 Å². The molecule has 3 heterocycles. The van der Waals surface area contributed by atoms with Gasteiger partial charge in [-0.05, 0) is 44.4 Å². The van der Waals surface area contributed by atoms with E-state index in [1.807, 2.05) is 32.2 Å². The lowest BCUT2D eigenvalue weighted by Gasteiger charge is -2.32. The Kier molecular flexibility index (Phi) is 4.76. The number of furan rings is 1. The molecule has 0 aliphatic carbocycles. The molecule has 0 bridgehead atoms. The van der Waals surface area contributed by atoms with Crippen molar-refractivity contribution in [1.29, 1.82) is 0 Å². The van der Waals surface area contributed by atoms with Crippen LogP contribution in [-0.4, -0.2) is 34.9 Å². The van der Waals surface area contributed by atoms with Crippen LogP contribution in [0.25, 0.3) is 0 Å². The molecule has 0 unspecified atom stereocenters. The number of piperidine rings is 1. The molecule has 1 aliphatic rings. The molecule has 1 saturated heterocycles. The Hall–Kier alpha value is -2.14. The van der Waals surface area contributed by atoms with Crippen molar-refractivity contribution in [3.8, 4) is 0 Å². The summed E-state index contributed by atoms with van der Waals surface area (Å²) in [6.07, 6.45) is 5.63. The van der Waals surface area contributed by atoms with Crippen LogP contribution in [0.15, 0.2) is 35.0 Å². The summed E-state index contributed by atoms with van der Waals surface area (Å²) in [5, 5.41) is 3.10. The van der Waals surface area contributed by atoms with Gasteiger partial charge in [0.25, 0.3) is 5.91 Å². The molecule has 1 fully saturated rings. The molecule has 0 atom stereocenters. The summed E-state index contributed by atoms with van der Waals surface area (Å²) in [5.41, 5.74) is 2.13. The Balaban J connectivity index is 1.49. The van der Waals surface area contributed by atoms with Crippen LogP contribution in [0.2, 0.25) is 0 Å². The minimum Gasteiger partial charge on any atom is -0.456 e. The van der Waals surface area contributed by atoms with Crippen LogP contribution >= 0.6 is 0 Å². The SMILES string of the molecule is Cc1cc(C)c(C(=O)NC2CCN(Cc3cccnc3)CC2)o1. The Morgan fingerprint density at radius 1 is 1.39 bits per heavy atom. The van der Waals surface area contributed by atoms with Crippen molar-refractivity contribution < 1.29 is 9.21 Å². The average molecular weight is 313 g/mol. The number of nitrogens with one attached hydrogen (secondary N) is 1. The number of hydrogen-bond acceptors (Lipinski definition) is 4. The van der Waals surface area contributed by atoms with Gasteiger partial charge in [-0.3, -0.25) is 14.7 Å². The van der Waals surface area contributed by atoms with E-state index in [0.29, 0.717) is 5.76 Å².